The summed E-state index contributed by atoms with van der Waals surface area (Å²) in [5, 5.41) is 13.0. The Morgan fingerprint density at radius 1 is 0.648 bits per heavy atom. The van der Waals surface area contributed by atoms with Gasteiger partial charge < -0.3 is 24.0 Å². The number of carbonyl (C=O) groups is 1. The third-order valence-electron chi connectivity index (χ3n) is 13.0. The minimum absolute atomic E-state index is 0.133. The smallest absolute Gasteiger partial charge is 0.303 e. The van der Waals surface area contributed by atoms with Crippen LogP contribution in [0.15, 0.2) is 109 Å². The van der Waals surface area contributed by atoms with Crippen LogP contribution in [0, 0.1) is 0 Å². The Labute approximate surface area is 418 Å². The average Bonchev–Trinajstić information content (AvgIpc) is 3.64. The second-order valence-electron chi connectivity index (χ2n) is 19.2. The number of anilines is 1. The molecule has 6 rings (SSSR count). The zero-order valence-electron chi connectivity index (χ0n) is 40.9. The molecule has 18 heteroatoms. The van der Waals surface area contributed by atoms with Gasteiger partial charge in [0.2, 0.25) is 5.69 Å². The van der Waals surface area contributed by atoms with Crippen LogP contribution in [-0.4, -0.2) is 104 Å². The van der Waals surface area contributed by atoms with Crippen molar-refractivity contribution in [3.8, 4) is 11.5 Å². The number of carboxylic acids is 1. The average molecular weight is 1040 g/mol. The van der Waals surface area contributed by atoms with Crippen LogP contribution in [-0.2, 0) is 46.0 Å². The van der Waals surface area contributed by atoms with Crippen molar-refractivity contribution in [2.24, 2.45) is 0 Å². The van der Waals surface area contributed by atoms with Crippen molar-refractivity contribution in [3.63, 3.8) is 0 Å². The Kier molecular flexibility index (Phi) is 18.2. The lowest BCUT2D eigenvalue weighted by Gasteiger charge is -2.27. The minimum atomic E-state index is -4.35. The molecule has 0 saturated heterocycles. The number of nitrogens with zero attached hydrogens (tertiary/aromatic N) is 2. The summed E-state index contributed by atoms with van der Waals surface area (Å²) in [4.78, 5) is 13.1. The largest absolute Gasteiger partial charge is 0.748 e. The summed E-state index contributed by atoms with van der Waals surface area (Å²) in [6, 6.07) is 20.1. The lowest BCUT2D eigenvalue weighted by molar-refractivity contribution is -0.438. The molecule has 15 nitrogen and oxygen atoms in total. The SMILES string of the molecule is CC1(C)C(=CC=CC=CC=CC2=[N+](CCCCS(=O)(=O)O)c3ccc4ccc(OCCCCS(=O)(=O)O)cc4c3C2(C)C)N(CCCCS(=O)(=O)[O-])c2ccc3ccc(OCCCCCC(=O)O)cc3c21. The zero-order chi connectivity index (χ0) is 51.6. The maximum Gasteiger partial charge on any atom is 0.303 e. The maximum atomic E-state index is 11.6. The second-order valence-corrected chi connectivity index (χ2v) is 23.8. The van der Waals surface area contributed by atoms with Gasteiger partial charge in [0.1, 0.15) is 18.0 Å². The molecule has 4 aromatic rings. The predicted molar refractivity (Wildman–Crippen MR) is 279 cm³/mol. The van der Waals surface area contributed by atoms with Crippen LogP contribution < -0.4 is 14.4 Å². The first kappa shape index (κ1) is 55.0. The highest BCUT2D eigenvalue weighted by Crippen LogP contribution is 2.51. The summed E-state index contributed by atoms with van der Waals surface area (Å²) in [6.07, 6.45) is 18.2. The number of aliphatic carboxylic acids is 1. The minimum Gasteiger partial charge on any atom is -0.748 e. The predicted octanol–water partition coefficient (Wildman–Crippen LogP) is 9.78. The normalized spacial score (nSPS) is 16.4. The van der Waals surface area contributed by atoms with Crippen molar-refractivity contribution in [3.05, 3.63) is 120 Å². The van der Waals surface area contributed by atoms with Crippen molar-refractivity contribution < 1.29 is 62.9 Å². The summed E-state index contributed by atoms with van der Waals surface area (Å²) < 4.78 is 113. The number of carboxylic acid groups (broad SMARTS) is 1. The fraction of sp³-hybridized carbons (Fsp3) is 0.434. The summed E-state index contributed by atoms with van der Waals surface area (Å²) in [6.45, 7) is 10.3. The third-order valence-corrected chi connectivity index (χ3v) is 15.4. The van der Waals surface area contributed by atoms with E-state index in [1.807, 2.05) is 72.8 Å². The lowest BCUT2D eigenvalue weighted by Crippen LogP contribution is -2.28. The first-order valence-corrected chi connectivity index (χ1v) is 28.9. The van der Waals surface area contributed by atoms with Gasteiger partial charge in [0, 0.05) is 59.6 Å². The molecular formula is C53H66N2O13S3. The molecule has 0 atom stereocenters. The van der Waals surface area contributed by atoms with Crippen molar-refractivity contribution >= 4 is 75.0 Å². The first-order valence-electron chi connectivity index (χ1n) is 24.1. The molecule has 0 amide bonds. The van der Waals surface area contributed by atoms with Crippen molar-refractivity contribution in [2.75, 3.05) is 48.5 Å². The summed E-state index contributed by atoms with van der Waals surface area (Å²) in [7, 11) is -12.5. The zero-order valence-corrected chi connectivity index (χ0v) is 43.3. The topological polar surface area (TPSA) is 228 Å². The van der Waals surface area contributed by atoms with E-state index in [0.29, 0.717) is 56.9 Å². The molecule has 0 fully saturated rings. The fourth-order valence-electron chi connectivity index (χ4n) is 9.70. The molecular weight excluding hydrogens is 969 g/mol. The molecule has 0 spiro atoms. The molecule has 2 aliphatic heterocycles. The highest BCUT2D eigenvalue weighted by Gasteiger charge is 2.45. The number of ether oxygens (including phenoxy) is 2. The number of hydrogen-bond donors (Lipinski definition) is 3. The number of fused-ring (bicyclic) bond motifs is 6. The Hall–Kier alpha value is -5.37. The number of rotatable bonds is 27. The summed E-state index contributed by atoms with van der Waals surface area (Å²) in [5.74, 6) is -0.579. The summed E-state index contributed by atoms with van der Waals surface area (Å²) in [5.41, 5.74) is 5.11. The van der Waals surface area contributed by atoms with E-state index in [9.17, 15) is 39.2 Å². The van der Waals surface area contributed by atoms with Crippen LogP contribution in [0.2, 0.25) is 0 Å². The molecule has 71 heavy (non-hydrogen) atoms. The molecule has 0 unspecified atom stereocenters. The van der Waals surface area contributed by atoms with E-state index in [2.05, 4.69) is 67.5 Å². The van der Waals surface area contributed by atoms with Gasteiger partial charge in [-0.2, -0.15) is 21.4 Å². The molecule has 3 N–H and O–H groups in total. The van der Waals surface area contributed by atoms with Crippen LogP contribution in [0.4, 0.5) is 11.4 Å². The molecule has 0 saturated carbocycles. The van der Waals surface area contributed by atoms with Crippen LogP contribution >= 0.6 is 0 Å². The lowest BCUT2D eigenvalue weighted by atomic mass is 9.79. The Morgan fingerprint density at radius 2 is 1.20 bits per heavy atom. The first-order chi connectivity index (χ1) is 33.5. The summed E-state index contributed by atoms with van der Waals surface area (Å²) >= 11 is 0. The molecule has 0 aliphatic carbocycles. The van der Waals surface area contributed by atoms with Gasteiger partial charge in [-0.1, -0.05) is 62.4 Å². The van der Waals surface area contributed by atoms with Gasteiger partial charge in [-0.05, 0) is 135 Å². The van der Waals surface area contributed by atoms with Gasteiger partial charge in [-0.25, -0.2) is 8.42 Å². The Bertz CT molecular complexity index is 3100. The van der Waals surface area contributed by atoms with Gasteiger partial charge in [0.25, 0.3) is 20.2 Å². The van der Waals surface area contributed by atoms with Gasteiger partial charge >= 0.3 is 5.97 Å². The van der Waals surface area contributed by atoms with Crippen molar-refractivity contribution in [1.29, 1.82) is 0 Å². The van der Waals surface area contributed by atoms with E-state index < -0.39 is 52.9 Å². The van der Waals surface area contributed by atoms with E-state index in [-0.39, 0.29) is 43.8 Å². The van der Waals surface area contributed by atoms with Gasteiger partial charge in [0.15, 0.2) is 5.71 Å². The van der Waals surface area contributed by atoms with Gasteiger partial charge in [-0.3, -0.25) is 13.9 Å². The van der Waals surface area contributed by atoms with Crippen LogP contribution in [0.5, 0.6) is 11.5 Å². The van der Waals surface area contributed by atoms with Crippen molar-refractivity contribution in [1.82, 2.24) is 0 Å². The van der Waals surface area contributed by atoms with Gasteiger partial charge in [-0.15, -0.1) is 0 Å². The molecule has 384 valence electrons. The fourth-order valence-corrected chi connectivity index (χ4v) is 11.4. The standard InChI is InChI=1S/C53H66N2O13S3/c1-52(2)47(54(30-12-16-34-69(58,59)60)45-28-24-39-22-26-41(37-43(39)50(45)52)67-32-14-8-11-21-49(56)57)19-9-6-5-7-10-20-48-53(3,4)51-44-38-42(68-33-15-18-36-71(64,65)66)27-23-40(44)25-29-46(51)55(48)31-13-17-35-70(61,62)63/h5-7,9-10,19-20,22-29,37-38H,8,11-18,21,30-36H2,1-4H3,(H3-,56,57,58,59,60,61,62,63,64,65,66). The third kappa shape index (κ3) is 14.9. The molecule has 0 bridgehead atoms. The van der Waals surface area contributed by atoms with Crippen molar-refractivity contribution in [2.45, 2.75) is 103 Å². The Morgan fingerprint density at radius 3 is 1.82 bits per heavy atom. The monoisotopic (exact) mass is 1030 g/mol. The highest BCUT2D eigenvalue weighted by atomic mass is 32.2. The van der Waals surface area contributed by atoms with E-state index in [1.54, 1.807) is 0 Å². The number of hydrogen-bond acceptors (Lipinski definition) is 11. The number of benzene rings is 4. The molecule has 0 radical (unpaired) electrons. The van der Waals surface area contributed by atoms with Crippen LogP contribution in [0.1, 0.15) is 103 Å². The molecule has 2 aliphatic rings. The van der Waals surface area contributed by atoms with E-state index >= 15 is 0 Å². The molecule has 0 aromatic heterocycles. The van der Waals surface area contributed by atoms with Gasteiger partial charge in [0.05, 0.1) is 40.3 Å². The highest BCUT2D eigenvalue weighted by molar-refractivity contribution is 7.86. The molecule has 4 aromatic carbocycles. The quantitative estimate of drug-likeness (QED) is 0.0219. The van der Waals surface area contributed by atoms with E-state index in [1.165, 1.54) is 0 Å². The van der Waals surface area contributed by atoms with Crippen LogP contribution in [0.3, 0.4) is 0 Å². The second kappa shape index (κ2) is 23.5. The number of allylic oxidation sites excluding steroid dienone is 8. The Balaban J connectivity index is 1.25. The van der Waals surface area contributed by atoms with E-state index in [0.717, 1.165) is 68.3 Å². The van der Waals surface area contributed by atoms with E-state index in [4.69, 9.17) is 19.1 Å². The number of unbranched alkanes of at least 4 members (excludes halogenated alkanes) is 5. The maximum absolute atomic E-state index is 11.6. The van der Waals surface area contributed by atoms with Crippen LogP contribution in [0.25, 0.3) is 21.5 Å². The molecule has 2 heterocycles.